The monoisotopic (exact) mass is 243 g/mol. The van der Waals surface area contributed by atoms with Crippen LogP contribution in [0.4, 0.5) is 4.79 Å². The predicted octanol–water partition coefficient (Wildman–Crippen LogP) is 0.660. The van der Waals surface area contributed by atoms with Crippen LogP contribution in [0.5, 0.6) is 0 Å². The third-order valence-electron chi connectivity index (χ3n) is 5.10. The van der Waals surface area contributed by atoms with E-state index in [0.717, 1.165) is 12.8 Å². The number of carbonyl (C=O) groups is 1. The van der Waals surface area contributed by atoms with Crippen LogP contribution in [0.3, 0.4) is 0 Å². The standard InChI is InChI=1S/C12H21NO4/c1-11(2)7-3-8(5-13-10(15)16)12(17,6-14)9(11)4-7/h7-9,13-14,17H,3-6H2,1-2H3,(H,15,16). The average molecular weight is 243 g/mol. The van der Waals surface area contributed by atoms with Gasteiger partial charge in [0.15, 0.2) is 0 Å². The summed E-state index contributed by atoms with van der Waals surface area (Å²) in [6, 6.07) is 0. The summed E-state index contributed by atoms with van der Waals surface area (Å²) >= 11 is 0. The fourth-order valence-electron chi connectivity index (χ4n) is 3.81. The Bertz CT molecular complexity index is 330. The Balaban J connectivity index is 2.12. The minimum absolute atomic E-state index is 0.0528. The first kappa shape index (κ1) is 12.6. The average Bonchev–Trinajstić information content (AvgIpc) is 2.26. The van der Waals surface area contributed by atoms with Crippen LogP contribution in [0.1, 0.15) is 26.7 Å². The SMILES string of the molecule is CC1(C)C2CC(CNC(=O)O)C(O)(CO)C1C2. The first-order valence-electron chi connectivity index (χ1n) is 6.12. The molecular weight excluding hydrogens is 222 g/mol. The Morgan fingerprint density at radius 2 is 2.06 bits per heavy atom. The van der Waals surface area contributed by atoms with Crippen molar-refractivity contribution in [3.8, 4) is 0 Å². The van der Waals surface area contributed by atoms with Gasteiger partial charge in [-0.25, -0.2) is 4.79 Å². The number of hydrogen-bond donors (Lipinski definition) is 4. The van der Waals surface area contributed by atoms with Crippen molar-refractivity contribution in [3.63, 3.8) is 0 Å². The van der Waals surface area contributed by atoms with Gasteiger partial charge in [0.05, 0.1) is 12.2 Å². The van der Waals surface area contributed by atoms with Gasteiger partial charge in [-0.05, 0) is 30.1 Å². The minimum atomic E-state index is -1.14. The van der Waals surface area contributed by atoms with Crippen LogP contribution in [0, 0.1) is 23.2 Å². The second kappa shape index (κ2) is 3.85. The lowest BCUT2D eigenvalue weighted by Gasteiger charge is -2.65. The van der Waals surface area contributed by atoms with Gasteiger partial charge in [0.1, 0.15) is 0 Å². The van der Waals surface area contributed by atoms with Gasteiger partial charge in [-0.3, -0.25) is 0 Å². The topological polar surface area (TPSA) is 89.8 Å². The van der Waals surface area contributed by atoms with Gasteiger partial charge in [0, 0.05) is 12.5 Å². The van der Waals surface area contributed by atoms with Gasteiger partial charge in [0.25, 0.3) is 0 Å². The number of rotatable bonds is 3. The maximum Gasteiger partial charge on any atom is 0.404 e. The number of aliphatic hydroxyl groups excluding tert-OH is 1. The molecule has 17 heavy (non-hydrogen) atoms. The molecule has 1 amide bonds. The van der Waals surface area contributed by atoms with Crippen LogP contribution in [0.2, 0.25) is 0 Å². The molecule has 5 nitrogen and oxygen atoms in total. The molecule has 4 N–H and O–H groups in total. The van der Waals surface area contributed by atoms with Crippen molar-refractivity contribution in [2.45, 2.75) is 32.3 Å². The van der Waals surface area contributed by atoms with E-state index >= 15 is 0 Å². The molecule has 5 heteroatoms. The summed E-state index contributed by atoms with van der Waals surface area (Å²) in [4.78, 5) is 10.5. The number of aliphatic hydroxyl groups is 2. The van der Waals surface area contributed by atoms with E-state index in [1.807, 2.05) is 0 Å². The molecule has 0 heterocycles. The van der Waals surface area contributed by atoms with E-state index in [1.165, 1.54) is 0 Å². The van der Waals surface area contributed by atoms with Crippen molar-refractivity contribution in [2.24, 2.45) is 23.2 Å². The normalized spacial score (nSPS) is 42.7. The largest absolute Gasteiger partial charge is 0.465 e. The van der Waals surface area contributed by atoms with E-state index in [1.54, 1.807) is 0 Å². The summed E-state index contributed by atoms with van der Waals surface area (Å²) < 4.78 is 0. The lowest BCUT2D eigenvalue weighted by molar-refractivity contribution is -0.245. The Morgan fingerprint density at radius 3 is 2.53 bits per heavy atom. The Hall–Kier alpha value is -0.810. The second-order valence-corrected chi connectivity index (χ2v) is 6.07. The van der Waals surface area contributed by atoms with Crippen molar-refractivity contribution in [1.82, 2.24) is 5.32 Å². The zero-order valence-corrected chi connectivity index (χ0v) is 10.3. The Morgan fingerprint density at radius 1 is 1.41 bits per heavy atom. The second-order valence-electron chi connectivity index (χ2n) is 6.07. The smallest absolute Gasteiger partial charge is 0.404 e. The van der Waals surface area contributed by atoms with Crippen LogP contribution < -0.4 is 5.32 Å². The highest BCUT2D eigenvalue weighted by molar-refractivity contribution is 5.64. The zero-order chi connectivity index (χ0) is 12.8. The molecule has 98 valence electrons. The molecule has 0 radical (unpaired) electrons. The number of nitrogens with one attached hydrogen (secondary N) is 1. The summed E-state index contributed by atoms with van der Waals surface area (Å²) in [7, 11) is 0. The molecule has 3 fully saturated rings. The van der Waals surface area contributed by atoms with E-state index in [0.29, 0.717) is 5.92 Å². The Kier molecular flexibility index (Phi) is 2.86. The number of fused-ring (bicyclic) bond motifs is 2. The first-order chi connectivity index (χ1) is 7.82. The van der Waals surface area contributed by atoms with Crippen LogP contribution in [0.25, 0.3) is 0 Å². The van der Waals surface area contributed by atoms with E-state index < -0.39 is 11.7 Å². The minimum Gasteiger partial charge on any atom is -0.465 e. The molecule has 2 bridgehead atoms. The molecule has 0 aromatic carbocycles. The number of carboxylic acid groups (broad SMARTS) is 1. The molecule has 0 spiro atoms. The highest BCUT2D eigenvalue weighted by Gasteiger charge is 2.64. The summed E-state index contributed by atoms with van der Waals surface area (Å²) in [5.41, 5.74) is -1.09. The molecule has 4 unspecified atom stereocenters. The molecule has 3 saturated carbocycles. The van der Waals surface area contributed by atoms with Crippen LogP contribution >= 0.6 is 0 Å². The van der Waals surface area contributed by atoms with Crippen LogP contribution in [-0.2, 0) is 0 Å². The van der Waals surface area contributed by atoms with Crippen molar-refractivity contribution in [2.75, 3.05) is 13.2 Å². The molecule has 0 saturated heterocycles. The van der Waals surface area contributed by atoms with E-state index in [4.69, 9.17) is 5.11 Å². The fourth-order valence-corrected chi connectivity index (χ4v) is 3.81. The van der Waals surface area contributed by atoms with Crippen molar-refractivity contribution >= 4 is 6.09 Å². The van der Waals surface area contributed by atoms with Gasteiger partial charge in [-0.1, -0.05) is 13.8 Å². The van der Waals surface area contributed by atoms with Crippen molar-refractivity contribution < 1.29 is 20.1 Å². The number of hydrogen-bond acceptors (Lipinski definition) is 3. The molecule has 0 aromatic rings. The maximum atomic E-state index is 10.6. The summed E-state index contributed by atoms with van der Waals surface area (Å²) in [6.45, 7) is 4.16. The molecule has 3 aliphatic rings. The highest BCUT2D eigenvalue weighted by atomic mass is 16.4. The molecule has 4 atom stereocenters. The molecule has 0 aliphatic heterocycles. The van der Waals surface area contributed by atoms with Gasteiger partial charge < -0.3 is 20.6 Å². The predicted molar refractivity (Wildman–Crippen MR) is 61.5 cm³/mol. The summed E-state index contributed by atoms with van der Waals surface area (Å²) in [6.07, 6.45) is 0.637. The lowest BCUT2D eigenvalue weighted by atomic mass is 9.41. The zero-order valence-electron chi connectivity index (χ0n) is 10.3. The quantitative estimate of drug-likeness (QED) is 0.586. The third kappa shape index (κ3) is 1.72. The van der Waals surface area contributed by atoms with Crippen LogP contribution in [-0.4, -0.2) is 40.2 Å². The first-order valence-corrected chi connectivity index (χ1v) is 6.12. The van der Waals surface area contributed by atoms with E-state index in [-0.39, 0.29) is 30.4 Å². The van der Waals surface area contributed by atoms with E-state index in [9.17, 15) is 15.0 Å². The molecule has 0 aromatic heterocycles. The molecular formula is C12H21NO4. The third-order valence-corrected chi connectivity index (χ3v) is 5.10. The molecule has 3 aliphatic carbocycles. The van der Waals surface area contributed by atoms with E-state index in [2.05, 4.69) is 19.2 Å². The lowest BCUT2D eigenvalue weighted by Crippen LogP contribution is -2.68. The van der Waals surface area contributed by atoms with Crippen molar-refractivity contribution in [3.05, 3.63) is 0 Å². The fraction of sp³-hybridized carbons (Fsp3) is 0.917. The molecule has 3 rings (SSSR count). The highest BCUT2D eigenvalue weighted by Crippen LogP contribution is 2.64. The maximum absolute atomic E-state index is 10.6. The van der Waals surface area contributed by atoms with Crippen LogP contribution in [0.15, 0.2) is 0 Å². The van der Waals surface area contributed by atoms with Gasteiger partial charge in [0.2, 0.25) is 0 Å². The van der Waals surface area contributed by atoms with Gasteiger partial charge in [-0.15, -0.1) is 0 Å². The Labute approximate surface area is 101 Å². The summed E-state index contributed by atoms with van der Waals surface area (Å²) in [5, 5.41) is 31.0. The van der Waals surface area contributed by atoms with Crippen molar-refractivity contribution in [1.29, 1.82) is 0 Å². The van der Waals surface area contributed by atoms with Gasteiger partial charge >= 0.3 is 6.09 Å². The summed E-state index contributed by atoms with van der Waals surface area (Å²) in [5.74, 6) is 0.416. The number of amides is 1. The van der Waals surface area contributed by atoms with Gasteiger partial charge in [-0.2, -0.15) is 0 Å².